The number of likely N-dealkylation sites (tertiary alicyclic amines) is 1. The van der Waals surface area contributed by atoms with Crippen molar-refractivity contribution in [3.8, 4) is 0 Å². The lowest BCUT2D eigenvalue weighted by molar-refractivity contribution is -0.142. The molecule has 1 unspecified atom stereocenters. The van der Waals surface area contributed by atoms with Gasteiger partial charge in [-0.1, -0.05) is 55.0 Å². The Balaban J connectivity index is 1.77. The third kappa shape index (κ3) is 3.22. The quantitative estimate of drug-likeness (QED) is 0.728. The van der Waals surface area contributed by atoms with E-state index in [1.165, 1.54) is 11.1 Å². The normalized spacial score (nSPS) is 22.9. The molecule has 0 bridgehead atoms. The minimum atomic E-state index is -0.489. The number of hydrogen-bond acceptors (Lipinski definition) is 3. The van der Waals surface area contributed by atoms with Crippen molar-refractivity contribution < 1.29 is 14.4 Å². The zero-order chi connectivity index (χ0) is 21.7. The molecule has 0 aromatic heterocycles. The number of nitrogens with zero attached hydrogens (tertiary/aromatic N) is 2. The number of fused-ring (bicyclic) bond motifs is 1. The van der Waals surface area contributed by atoms with Gasteiger partial charge in [0.05, 0.1) is 0 Å². The largest absolute Gasteiger partial charge is 0.305 e. The van der Waals surface area contributed by atoms with Gasteiger partial charge in [0.2, 0.25) is 17.7 Å². The predicted molar refractivity (Wildman–Crippen MR) is 116 cm³/mol. The summed E-state index contributed by atoms with van der Waals surface area (Å²) in [6.45, 7) is 8.22. The van der Waals surface area contributed by atoms with E-state index in [2.05, 4.69) is 58.0 Å². The number of hydrogen-bond donors (Lipinski definition) is 0. The molecule has 5 nitrogen and oxygen atoms in total. The zero-order valence-corrected chi connectivity index (χ0v) is 18.1. The smallest absolute Gasteiger partial charge is 0.247 e. The van der Waals surface area contributed by atoms with Crippen LogP contribution in [0, 0.1) is 6.92 Å². The standard InChI is InChI=1S/C25H28N2O3/c1-17-9-11-18(12-10-17)25(4)16-24(2,3)27(20-8-6-5-7-19(20)25)23(30)15-26-21(28)13-14-22(26)29/h5-12H,13-16H2,1-4H3. The van der Waals surface area contributed by atoms with Crippen molar-refractivity contribution in [2.24, 2.45) is 0 Å². The molecule has 2 aliphatic heterocycles. The maximum atomic E-state index is 13.4. The van der Waals surface area contributed by atoms with Crippen molar-refractivity contribution in [2.75, 3.05) is 11.4 Å². The van der Waals surface area contributed by atoms with E-state index in [0.29, 0.717) is 0 Å². The van der Waals surface area contributed by atoms with Gasteiger partial charge in [0.1, 0.15) is 6.54 Å². The molecule has 0 aliphatic carbocycles. The highest BCUT2D eigenvalue weighted by Crippen LogP contribution is 2.50. The summed E-state index contributed by atoms with van der Waals surface area (Å²) in [5.41, 5.74) is 3.61. The highest BCUT2D eigenvalue weighted by molar-refractivity contribution is 6.07. The minimum Gasteiger partial charge on any atom is -0.305 e. The summed E-state index contributed by atoms with van der Waals surface area (Å²) in [6.07, 6.45) is 1.11. The second-order valence-corrected chi connectivity index (χ2v) is 9.31. The second-order valence-electron chi connectivity index (χ2n) is 9.31. The molecule has 2 aromatic carbocycles. The Morgan fingerprint density at radius 1 is 0.933 bits per heavy atom. The van der Waals surface area contributed by atoms with Crippen molar-refractivity contribution in [2.45, 2.75) is 57.9 Å². The molecule has 2 heterocycles. The van der Waals surface area contributed by atoms with Crippen molar-refractivity contribution in [3.63, 3.8) is 0 Å². The van der Waals surface area contributed by atoms with Crippen LogP contribution in [0.5, 0.6) is 0 Å². The first-order valence-corrected chi connectivity index (χ1v) is 10.5. The SMILES string of the molecule is Cc1ccc(C2(C)CC(C)(C)N(C(=O)CN3C(=O)CCC3=O)c3ccccc32)cc1. The maximum absolute atomic E-state index is 13.4. The monoisotopic (exact) mass is 404 g/mol. The molecule has 1 fully saturated rings. The summed E-state index contributed by atoms with van der Waals surface area (Å²) in [4.78, 5) is 40.4. The van der Waals surface area contributed by atoms with Gasteiger partial charge < -0.3 is 4.90 Å². The summed E-state index contributed by atoms with van der Waals surface area (Å²) in [5.74, 6) is -0.746. The van der Waals surface area contributed by atoms with Gasteiger partial charge in [0, 0.05) is 29.5 Å². The molecule has 1 atom stereocenters. The summed E-state index contributed by atoms with van der Waals surface area (Å²) in [6, 6.07) is 16.6. The Labute approximate surface area is 177 Å². The fraction of sp³-hybridized carbons (Fsp3) is 0.400. The zero-order valence-electron chi connectivity index (χ0n) is 18.1. The van der Waals surface area contributed by atoms with Gasteiger partial charge in [-0.15, -0.1) is 0 Å². The number of carbonyl (C=O) groups is 3. The summed E-state index contributed by atoms with van der Waals surface area (Å²) < 4.78 is 0. The predicted octanol–water partition coefficient (Wildman–Crippen LogP) is 3.97. The van der Waals surface area contributed by atoms with Crippen LogP contribution in [0.3, 0.4) is 0 Å². The number of anilines is 1. The van der Waals surface area contributed by atoms with E-state index in [-0.39, 0.29) is 42.5 Å². The first-order valence-electron chi connectivity index (χ1n) is 10.5. The van der Waals surface area contributed by atoms with E-state index in [9.17, 15) is 14.4 Å². The Hall–Kier alpha value is -2.95. The van der Waals surface area contributed by atoms with Gasteiger partial charge in [0.25, 0.3) is 0 Å². The fourth-order valence-electron chi connectivity index (χ4n) is 5.16. The van der Waals surface area contributed by atoms with Crippen LogP contribution in [0.2, 0.25) is 0 Å². The van der Waals surface area contributed by atoms with Gasteiger partial charge in [-0.3, -0.25) is 19.3 Å². The third-order valence-corrected chi connectivity index (χ3v) is 6.52. The fourth-order valence-corrected chi connectivity index (χ4v) is 5.16. The minimum absolute atomic E-state index is 0.192. The van der Waals surface area contributed by atoms with Crippen molar-refractivity contribution in [1.29, 1.82) is 0 Å². The molecular weight excluding hydrogens is 376 g/mol. The van der Waals surface area contributed by atoms with Crippen molar-refractivity contribution in [1.82, 2.24) is 4.90 Å². The number of rotatable bonds is 3. The lowest BCUT2D eigenvalue weighted by Crippen LogP contribution is -2.58. The molecule has 0 saturated carbocycles. The van der Waals surface area contributed by atoms with Crippen molar-refractivity contribution in [3.05, 3.63) is 65.2 Å². The first-order chi connectivity index (χ1) is 14.1. The summed E-state index contributed by atoms with van der Waals surface area (Å²) in [5, 5.41) is 0. The summed E-state index contributed by atoms with van der Waals surface area (Å²) >= 11 is 0. The van der Waals surface area contributed by atoms with Gasteiger partial charge >= 0.3 is 0 Å². The van der Waals surface area contributed by atoms with Crippen LogP contribution < -0.4 is 4.90 Å². The molecule has 156 valence electrons. The van der Waals surface area contributed by atoms with Crippen LogP contribution in [-0.2, 0) is 19.8 Å². The van der Waals surface area contributed by atoms with E-state index in [1.807, 2.05) is 18.2 Å². The third-order valence-electron chi connectivity index (χ3n) is 6.52. The Kier molecular flexibility index (Phi) is 4.80. The number of benzene rings is 2. The Morgan fingerprint density at radius 3 is 2.17 bits per heavy atom. The Morgan fingerprint density at radius 2 is 1.53 bits per heavy atom. The molecule has 2 aliphatic rings. The summed E-state index contributed by atoms with van der Waals surface area (Å²) in [7, 11) is 0. The molecule has 0 radical (unpaired) electrons. The van der Waals surface area contributed by atoms with E-state index in [4.69, 9.17) is 0 Å². The van der Waals surface area contributed by atoms with Gasteiger partial charge in [0.15, 0.2) is 0 Å². The van der Waals surface area contributed by atoms with Gasteiger partial charge in [-0.05, 0) is 44.4 Å². The van der Waals surface area contributed by atoms with Crippen LogP contribution >= 0.6 is 0 Å². The molecule has 4 rings (SSSR count). The Bertz CT molecular complexity index is 1010. The lowest BCUT2D eigenvalue weighted by atomic mass is 9.65. The molecule has 30 heavy (non-hydrogen) atoms. The van der Waals surface area contributed by atoms with E-state index < -0.39 is 5.54 Å². The molecule has 5 heteroatoms. The topological polar surface area (TPSA) is 57.7 Å². The second kappa shape index (κ2) is 7.08. The maximum Gasteiger partial charge on any atom is 0.247 e. The van der Waals surface area contributed by atoms with Crippen LogP contribution in [0.15, 0.2) is 48.5 Å². The number of imide groups is 1. The van der Waals surface area contributed by atoms with Crippen LogP contribution in [-0.4, -0.2) is 34.7 Å². The van der Waals surface area contributed by atoms with Crippen LogP contribution in [0.1, 0.15) is 56.7 Å². The number of carbonyl (C=O) groups excluding carboxylic acids is 3. The van der Waals surface area contributed by atoms with E-state index in [1.54, 1.807) is 4.90 Å². The highest BCUT2D eigenvalue weighted by Gasteiger charge is 2.48. The van der Waals surface area contributed by atoms with Crippen LogP contribution in [0.4, 0.5) is 5.69 Å². The molecule has 0 spiro atoms. The van der Waals surface area contributed by atoms with Gasteiger partial charge in [-0.2, -0.15) is 0 Å². The molecule has 1 saturated heterocycles. The molecule has 2 aromatic rings. The number of amides is 3. The lowest BCUT2D eigenvalue weighted by Gasteiger charge is -2.51. The average Bonchev–Trinajstić information content (AvgIpc) is 2.99. The number of para-hydroxylation sites is 1. The molecule has 0 N–H and O–H groups in total. The van der Waals surface area contributed by atoms with E-state index in [0.717, 1.165) is 22.6 Å². The number of aryl methyl sites for hydroxylation is 1. The molecular formula is C25H28N2O3. The van der Waals surface area contributed by atoms with E-state index >= 15 is 0 Å². The van der Waals surface area contributed by atoms with Crippen LogP contribution in [0.25, 0.3) is 0 Å². The van der Waals surface area contributed by atoms with Gasteiger partial charge in [-0.25, -0.2) is 0 Å². The highest BCUT2D eigenvalue weighted by atomic mass is 16.2. The van der Waals surface area contributed by atoms with Crippen molar-refractivity contribution >= 4 is 23.4 Å². The average molecular weight is 405 g/mol. The molecule has 3 amide bonds. The first kappa shape index (κ1) is 20.3.